The quantitative estimate of drug-likeness (QED) is 0.855. The van der Waals surface area contributed by atoms with Crippen molar-refractivity contribution in [2.75, 3.05) is 0 Å². The fraction of sp³-hybridized carbons (Fsp3) is 0.286. The number of nitrogens with one attached hydrogen (secondary N) is 1. The number of nitrogens with two attached hydrogens (primary N) is 1. The van der Waals surface area contributed by atoms with Crippen molar-refractivity contribution in [3.05, 3.63) is 51.5 Å². The molecule has 4 nitrogen and oxygen atoms in total. The predicted octanol–water partition coefficient (Wildman–Crippen LogP) is 2.39. The van der Waals surface area contributed by atoms with E-state index in [0.717, 1.165) is 17.4 Å². The number of aryl methyl sites for hydroxylation is 1. The second-order valence-electron chi connectivity index (χ2n) is 4.50. The topological polar surface area (TPSA) is 72.2 Å². The second kappa shape index (κ2) is 6.65. The molecule has 0 atom stereocenters. The summed E-state index contributed by atoms with van der Waals surface area (Å²) in [5.74, 6) is -0.600. The van der Waals surface area contributed by atoms with Gasteiger partial charge in [-0.1, -0.05) is 13.0 Å². The van der Waals surface area contributed by atoms with Gasteiger partial charge in [-0.2, -0.15) is 0 Å². The van der Waals surface area contributed by atoms with E-state index in [9.17, 15) is 12.8 Å². The minimum Gasteiger partial charge on any atom is -0.326 e. The number of thiophene rings is 1. The third kappa shape index (κ3) is 3.88. The van der Waals surface area contributed by atoms with Crippen molar-refractivity contribution < 1.29 is 12.8 Å². The van der Waals surface area contributed by atoms with Crippen LogP contribution >= 0.6 is 11.3 Å². The lowest BCUT2D eigenvalue weighted by atomic mass is 10.2. The lowest BCUT2D eigenvalue weighted by Gasteiger charge is -2.10. The summed E-state index contributed by atoms with van der Waals surface area (Å²) in [6, 6.07) is 7.46. The summed E-state index contributed by atoms with van der Waals surface area (Å²) in [4.78, 5) is 2.01. The highest BCUT2D eigenvalue weighted by molar-refractivity contribution is 7.89. The maximum Gasteiger partial charge on any atom is 0.241 e. The van der Waals surface area contributed by atoms with Crippen molar-refractivity contribution in [1.82, 2.24) is 4.72 Å². The molecule has 114 valence electrons. The maximum absolute atomic E-state index is 13.3. The van der Waals surface area contributed by atoms with E-state index in [0.29, 0.717) is 5.56 Å². The highest BCUT2D eigenvalue weighted by atomic mass is 32.2. The SMILES string of the molecule is CCc1ccc(CNS(=O)(=O)c2cc(F)ccc2CN)s1. The van der Waals surface area contributed by atoms with Crippen molar-refractivity contribution in [1.29, 1.82) is 0 Å². The molecule has 1 aromatic carbocycles. The summed E-state index contributed by atoms with van der Waals surface area (Å²) in [6.45, 7) is 2.27. The maximum atomic E-state index is 13.3. The van der Waals surface area contributed by atoms with Crippen LogP contribution in [-0.4, -0.2) is 8.42 Å². The van der Waals surface area contributed by atoms with Crippen LogP contribution in [0, 0.1) is 5.82 Å². The van der Waals surface area contributed by atoms with Gasteiger partial charge in [-0.3, -0.25) is 0 Å². The Hall–Kier alpha value is -1.28. The number of sulfonamides is 1. The molecule has 0 bridgehead atoms. The molecule has 0 aliphatic heterocycles. The van der Waals surface area contributed by atoms with Crippen LogP contribution in [0.1, 0.15) is 22.2 Å². The zero-order chi connectivity index (χ0) is 15.5. The third-order valence-corrected chi connectivity index (χ3v) is 5.75. The molecule has 0 saturated heterocycles. The molecule has 0 aliphatic rings. The van der Waals surface area contributed by atoms with Crippen LogP contribution in [0.2, 0.25) is 0 Å². The van der Waals surface area contributed by atoms with Crippen molar-refractivity contribution in [2.45, 2.75) is 31.3 Å². The molecule has 0 spiro atoms. The fourth-order valence-corrected chi connectivity index (χ4v) is 4.15. The van der Waals surface area contributed by atoms with Gasteiger partial charge in [-0.25, -0.2) is 17.5 Å². The summed E-state index contributed by atoms with van der Waals surface area (Å²) >= 11 is 1.56. The molecule has 0 saturated carbocycles. The largest absolute Gasteiger partial charge is 0.326 e. The van der Waals surface area contributed by atoms with Gasteiger partial charge in [0.2, 0.25) is 10.0 Å². The Kier molecular flexibility index (Phi) is 5.10. The second-order valence-corrected chi connectivity index (χ2v) is 7.49. The lowest BCUT2D eigenvalue weighted by Crippen LogP contribution is -2.24. The van der Waals surface area contributed by atoms with E-state index in [1.807, 2.05) is 19.1 Å². The van der Waals surface area contributed by atoms with E-state index in [-0.39, 0.29) is 18.0 Å². The number of halogens is 1. The number of benzene rings is 1. The first-order chi connectivity index (χ1) is 9.96. The first kappa shape index (κ1) is 16.1. The smallest absolute Gasteiger partial charge is 0.241 e. The van der Waals surface area contributed by atoms with Crippen LogP contribution in [0.5, 0.6) is 0 Å². The zero-order valence-corrected chi connectivity index (χ0v) is 13.2. The van der Waals surface area contributed by atoms with Crippen LogP contribution in [0.3, 0.4) is 0 Å². The highest BCUT2D eigenvalue weighted by Crippen LogP contribution is 2.20. The van der Waals surface area contributed by atoms with Gasteiger partial charge in [0.05, 0.1) is 4.90 Å². The van der Waals surface area contributed by atoms with E-state index in [2.05, 4.69) is 4.72 Å². The lowest BCUT2D eigenvalue weighted by molar-refractivity contribution is 0.576. The third-order valence-electron chi connectivity index (χ3n) is 3.04. The first-order valence-electron chi connectivity index (χ1n) is 6.52. The van der Waals surface area contributed by atoms with E-state index in [4.69, 9.17) is 5.73 Å². The molecule has 1 heterocycles. The van der Waals surface area contributed by atoms with E-state index >= 15 is 0 Å². The monoisotopic (exact) mass is 328 g/mol. The van der Waals surface area contributed by atoms with Crippen LogP contribution in [0.15, 0.2) is 35.2 Å². The number of hydrogen-bond donors (Lipinski definition) is 2. The molecule has 21 heavy (non-hydrogen) atoms. The molecule has 2 rings (SSSR count). The minimum absolute atomic E-state index is 0.0372. The fourth-order valence-electron chi connectivity index (χ4n) is 1.90. The van der Waals surface area contributed by atoms with Gasteiger partial charge in [-0.05, 0) is 36.2 Å². The molecule has 0 aliphatic carbocycles. The molecule has 0 fully saturated rings. The molecule has 3 N–H and O–H groups in total. The Labute approximate surface area is 127 Å². The predicted molar refractivity (Wildman–Crippen MR) is 82.0 cm³/mol. The number of hydrogen-bond acceptors (Lipinski definition) is 4. The highest BCUT2D eigenvalue weighted by Gasteiger charge is 2.18. The molecular weight excluding hydrogens is 311 g/mol. The summed E-state index contributed by atoms with van der Waals surface area (Å²) in [5, 5.41) is 0. The van der Waals surface area contributed by atoms with Crippen LogP contribution in [0.25, 0.3) is 0 Å². The summed E-state index contributed by atoms with van der Waals surface area (Å²) < 4.78 is 40.4. The average Bonchev–Trinajstić information content (AvgIpc) is 2.93. The van der Waals surface area contributed by atoms with E-state index < -0.39 is 15.8 Å². The summed E-state index contributed by atoms with van der Waals surface area (Å²) in [7, 11) is -3.78. The molecule has 0 unspecified atom stereocenters. The van der Waals surface area contributed by atoms with Gasteiger partial charge >= 0.3 is 0 Å². The van der Waals surface area contributed by atoms with Crippen LogP contribution in [-0.2, 0) is 29.5 Å². The number of rotatable bonds is 6. The standard InChI is InChI=1S/C14H17FN2O2S2/c1-2-12-5-6-13(20-12)9-17-21(18,19)14-7-11(15)4-3-10(14)8-16/h3-7,17H,2,8-9,16H2,1H3. The van der Waals surface area contributed by atoms with E-state index in [1.165, 1.54) is 17.0 Å². The van der Waals surface area contributed by atoms with Gasteiger partial charge in [0.25, 0.3) is 0 Å². The Morgan fingerprint density at radius 3 is 2.57 bits per heavy atom. The molecule has 2 aromatic rings. The Bertz CT molecular complexity index is 726. The first-order valence-corrected chi connectivity index (χ1v) is 8.82. The van der Waals surface area contributed by atoms with Gasteiger partial charge in [-0.15, -0.1) is 11.3 Å². The Morgan fingerprint density at radius 2 is 1.95 bits per heavy atom. The Balaban J connectivity index is 2.20. The molecule has 1 aromatic heterocycles. The van der Waals surface area contributed by atoms with E-state index in [1.54, 1.807) is 11.3 Å². The molecular formula is C14H17FN2O2S2. The Morgan fingerprint density at radius 1 is 1.24 bits per heavy atom. The van der Waals surface area contributed by atoms with Gasteiger partial charge < -0.3 is 5.73 Å². The van der Waals surface area contributed by atoms with Gasteiger partial charge in [0.1, 0.15) is 5.82 Å². The van der Waals surface area contributed by atoms with Crippen molar-refractivity contribution in [3.63, 3.8) is 0 Å². The van der Waals surface area contributed by atoms with Gasteiger partial charge in [0.15, 0.2) is 0 Å². The van der Waals surface area contributed by atoms with Crippen LogP contribution in [0.4, 0.5) is 4.39 Å². The summed E-state index contributed by atoms with van der Waals surface area (Å²) in [5.41, 5.74) is 5.91. The van der Waals surface area contributed by atoms with Crippen molar-refractivity contribution in [3.8, 4) is 0 Å². The zero-order valence-electron chi connectivity index (χ0n) is 11.6. The van der Waals surface area contributed by atoms with Crippen molar-refractivity contribution in [2.24, 2.45) is 5.73 Å². The average molecular weight is 328 g/mol. The normalized spacial score (nSPS) is 11.8. The summed E-state index contributed by atoms with van der Waals surface area (Å²) in [6.07, 6.45) is 0.915. The molecule has 7 heteroatoms. The minimum atomic E-state index is -3.78. The van der Waals surface area contributed by atoms with Crippen molar-refractivity contribution >= 4 is 21.4 Å². The van der Waals surface area contributed by atoms with Gasteiger partial charge in [0, 0.05) is 22.8 Å². The van der Waals surface area contributed by atoms with Crippen LogP contribution < -0.4 is 10.5 Å². The molecule has 0 radical (unpaired) electrons. The molecule has 0 amide bonds.